The molecule has 148 valence electrons. The number of nitrogens with zero attached hydrogens (tertiary/aromatic N) is 3. The van der Waals surface area contributed by atoms with Crippen molar-refractivity contribution in [2.75, 3.05) is 54.1 Å². The number of hydrogen-bond acceptors (Lipinski definition) is 6. The van der Waals surface area contributed by atoms with Gasteiger partial charge in [0.2, 0.25) is 0 Å². The van der Waals surface area contributed by atoms with Crippen LogP contribution in [0.1, 0.15) is 47.0 Å². The third-order valence-corrected chi connectivity index (χ3v) is 7.34. The number of hydrogen-bond donors (Lipinski definition) is 0. The van der Waals surface area contributed by atoms with Gasteiger partial charge in [-0.2, -0.15) is 0 Å². The van der Waals surface area contributed by atoms with E-state index in [-0.39, 0.29) is 0 Å². The Morgan fingerprint density at radius 3 is 1.60 bits per heavy atom. The summed E-state index contributed by atoms with van der Waals surface area (Å²) in [5, 5.41) is 0. The van der Waals surface area contributed by atoms with Gasteiger partial charge in [-0.15, -0.1) is 0 Å². The molecule has 0 bridgehead atoms. The fraction of sp³-hybridized carbons (Fsp3) is 0.889. The maximum absolute atomic E-state index is 5.50. The van der Waals surface area contributed by atoms with Crippen LogP contribution in [0.5, 0.6) is 0 Å². The summed E-state index contributed by atoms with van der Waals surface area (Å²) in [4.78, 5) is 11.7. The summed E-state index contributed by atoms with van der Waals surface area (Å²) in [6.07, 6.45) is 3.02. The topological polar surface area (TPSA) is 55.7 Å². The standard InChI is InChI=1S/C18H39N3O3Si/c1-8-17(3)19-11-14-21(15-12-20-18(4)9-2)13-10-16-25(22-5,23-6)24-7/h8-16H2,1-7H3/b19-17-,20-18-. The van der Waals surface area contributed by atoms with Gasteiger partial charge in [0.1, 0.15) is 0 Å². The van der Waals surface area contributed by atoms with Crippen molar-refractivity contribution in [3.8, 4) is 0 Å². The van der Waals surface area contributed by atoms with E-state index < -0.39 is 8.80 Å². The lowest BCUT2D eigenvalue weighted by Gasteiger charge is -2.26. The Bertz CT molecular complexity index is 367. The molecular formula is C18H39N3O3Si. The third kappa shape index (κ3) is 10.9. The summed E-state index contributed by atoms with van der Waals surface area (Å²) in [6, 6.07) is 0.821. The molecule has 7 heteroatoms. The lowest BCUT2D eigenvalue weighted by Crippen LogP contribution is -2.43. The first-order chi connectivity index (χ1) is 12.0. The van der Waals surface area contributed by atoms with Crippen LogP contribution in [0.3, 0.4) is 0 Å². The van der Waals surface area contributed by atoms with Crippen molar-refractivity contribution in [1.82, 2.24) is 4.90 Å². The molecule has 0 aliphatic rings. The predicted molar refractivity (Wildman–Crippen MR) is 109 cm³/mol. The highest BCUT2D eigenvalue weighted by Gasteiger charge is 2.36. The van der Waals surface area contributed by atoms with E-state index in [2.05, 4.69) is 42.6 Å². The van der Waals surface area contributed by atoms with Crippen LogP contribution < -0.4 is 0 Å². The second-order valence-corrected chi connectivity index (χ2v) is 9.27. The Labute approximate surface area is 156 Å². The molecule has 0 aromatic carbocycles. The van der Waals surface area contributed by atoms with Gasteiger partial charge in [0.25, 0.3) is 0 Å². The van der Waals surface area contributed by atoms with E-state index in [9.17, 15) is 0 Å². The second kappa shape index (κ2) is 14.6. The molecule has 0 fully saturated rings. The summed E-state index contributed by atoms with van der Waals surface area (Å²) in [7, 11) is 2.53. The fourth-order valence-corrected chi connectivity index (χ4v) is 4.10. The Balaban J connectivity index is 4.55. The lowest BCUT2D eigenvalue weighted by molar-refractivity contribution is 0.121. The van der Waals surface area contributed by atoms with Crippen molar-refractivity contribution >= 4 is 20.2 Å². The number of rotatable bonds is 15. The van der Waals surface area contributed by atoms with Crippen molar-refractivity contribution in [2.24, 2.45) is 9.98 Å². The van der Waals surface area contributed by atoms with Gasteiger partial charge in [-0.3, -0.25) is 14.9 Å². The first kappa shape index (κ1) is 24.4. The Hall–Kier alpha value is -0.603. The van der Waals surface area contributed by atoms with Crippen molar-refractivity contribution < 1.29 is 13.3 Å². The lowest BCUT2D eigenvalue weighted by atomic mass is 10.3. The largest absolute Gasteiger partial charge is 0.500 e. The Morgan fingerprint density at radius 2 is 1.24 bits per heavy atom. The van der Waals surface area contributed by atoms with Gasteiger partial charge in [0.05, 0.1) is 13.1 Å². The minimum Gasteiger partial charge on any atom is -0.377 e. The second-order valence-electron chi connectivity index (χ2n) is 6.18. The first-order valence-corrected chi connectivity index (χ1v) is 11.3. The summed E-state index contributed by atoms with van der Waals surface area (Å²) < 4.78 is 16.5. The zero-order valence-electron chi connectivity index (χ0n) is 17.4. The van der Waals surface area contributed by atoms with Gasteiger partial charge in [0.15, 0.2) is 0 Å². The van der Waals surface area contributed by atoms with E-state index in [0.717, 1.165) is 58.0 Å². The van der Waals surface area contributed by atoms with Crippen molar-refractivity contribution in [3.63, 3.8) is 0 Å². The smallest absolute Gasteiger partial charge is 0.377 e. The molecule has 0 amide bonds. The molecular weight excluding hydrogens is 334 g/mol. The normalized spacial score (nSPS) is 13.8. The van der Waals surface area contributed by atoms with Crippen LogP contribution in [0.4, 0.5) is 0 Å². The monoisotopic (exact) mass is 373 g/mol. The maximum atomic E-state index is 5.50. The van der Waals surface area contributed by atoms with Crippen molar-refractivity contribution in [1.29, 1.82) is 0 Å². The minimum atomic E-state index is -2.48. The molecule has 0 heterocycles. The molecule has 0 rings (SSSR count). The van der Waals surface area contributed by atoms with Crippen molar-refractivity contribution in [2.45, 2.75) is 53.0 Å². The highest BCUT2D eigenvalue weighted by Crippen LogP contribution is 2.15. The molecule has 0 saturated carbocycles. The molecule has 0 N–H and O–H groups in total. The maximum Gasteiger partial charge on any atom is 0.500 e. The first-order valence-electron chi connectivity index (χ1n) is 9.34. The molecule has 0 aromatic heterocycles. The quantitative estimate of drug-likeness (QED) is 0.326. The van der Waals surface area contributed by atoms with Gasteiger partial charge in [0, 0.05) is 51.9 Å². The molecule has 0 aliphatic heterocycles. The molecule has 0 spiro atoms. The molecule has 0 aliphatic carbocycles. The summed E-state index contributed by atoms with van der Waals surface area (Å²) >= 11 is 0. The van der Waals surface area contributed by atoms with Crippen LogP contribution in [0.25, 0.3) is 0 Å². The third-order valence-electron chi connectivity index (χ3n) is 4.51. The van der Waals surface area contributed by atoms with Gasteiger partial charge >= 0.3 is 8.80 Å². The van der Waals surface area contributed by atoms with Crippen LogP contribution >= 0.6 is 0 Å². The van der Waals surface area contributed by atoms with Gasteiger partial charge in [-0.1, -0.05) is 13.8 Å². The Kier molecular flexibility index (Phi) is 14.2. The average Bonchev–Trinajstić information content (AvgIpc) is 2.64. The fourth-order valence-electron chi connectivity index (χ4n) is 2.40. The highest BCUT2D eigenvalue weighted by atomic mass is 28.4. The Morgan fingerprint density at radius 1 is 0.800 bits per heavy atom. The zero-order valence-corrected chi connectivity index (χ0v) is 18.4. The van der Waals surface area contributed by atoms with E-state index in [1.807, 2.05) is 0 Å². The molecule has 25 heavy (non-hydrogen) atoms. The molecule has 0 aromatic rings. The molecule has 0 saturated heterocycles. The average molecular weight is 374 g/mol. The van der Waals surface area contributed by atoms with E-state index in [4.69, 9.17) is 13.3 Å². The molecule has 0 atom stereocenters. The van der Waals surface area contributed by atoms with Gasteiger partial charge < -0.3 is 13.3 Å². The van der Waals surface area contributed by atoms with Gasteiger partial charge in [-0.05, 0) is 39.7 Å². The van der Waals surface area contributed by atoms with Crippen LogP contribution in [0, 0.1) is 0 Å². The van der Waals surface area contributed by atoms with E-state index >= 15 is 0 Å². The zero-order chi connectivity index (χ0) is 19.1. The van der Waals surface area contributed by atoms with Crippen LogP contribution in [-0.4, -0.2) is 79.2 Å². The molecule has 0 unspecified atom stereocenters. The van der Waals surface area contributed by atoms with Crippen LogP contribution in [0.2, 0.25) is 6.04 Å². The summed E-state index contributed by atoms with van der Waals surface area (Å²) in [5.41, 5.74) is 2.42. The molecule has 6 nitrogen and oxygen atoms in total. The van der Waals surface area contributed by atoms with E-state index in [1.54, 1.807) is 21.3 Å². The van der Waals surface area contributed by atoms with E-state index in [0.29, 0.717) is 0 Å². The minimum absolute atomic E-state index is 0.821. The van der Waals surface area contributed by atoms with E-state index in [1.165, 1.54) is 11.4 Å². The predicted octanol–water partition coefficient (Wildman–Crippen LogP) is 3.30. The molecule has 0 radical (unpaired) electrons. The van der Waals surface area contributed by atoms with Crippen LogP contribution in [0.15, 0.2) is 9.98 Å². The summed E-state index contributed by atoms with van der Waals surface area (Å²) in [5.74, 6) is 0. The SMILES string of the molecule is CC/C(C)=N\CCN(CCC[Si](OC)(OC)OC)CC/N=C(/C)CC. The highest BCUT2D eigenvalue weighted by molar-refractivity contribution is 6.60. The summed E-state index contributed by atoms with van der Waals surface area (Å²) in [6.45, 7) is 13.1. The van der Waals surface area contributed by atoms with Gasteiger partial charge in [-0.25, -0.2) is 0 Å². The number of aliphatic imine (C=N–C) groups is 2. The van der Waals surface area contributed by atoms with Crippen LogP contribution in [-0.2, 0) is 13.3 Å². The van der Waals surface area contributed by atoms with Crippen molar-refractivity contribution in [3.05, 3.63) is 0 Å².